The Labute approximate surface area is 213 Å². The van der Waals surface area contributed by atoms with Gasteiger partial charge in [-0.1, -0.05) is 23.7 Å². The number of carbonyl (C=O) groups excluding carboxylic acids is 1. The molecule has 1 heterocycles. The fourth-order valence-electron chi connectivity index (χ4n) is 3.48. The summed E-state index contributed by atoms with van der Waals surface area (Å²) in [7, 11) is 1.48. The van der Waals surface area contributed by atoms with Gasteiger partial charge in [-0.05, 0) is 66.6 Å². The van der Waals surface area contributed by atoms with E-state index in [-0.39, 0.29) is 12.4 Å². The van der Waals surface area contributed by atoms with Gasteiger partial charge in [0, 0.05) is 5.02 Å². The SMILES string of the molecule is CCOc1cc(/C=C(\C#N)C(=O)Nc2cc(Cl)ccc2OC)ccc1OCc1ccc2c(c1)OCO2. The second-order valence-corrected chi connectivity index (χ2v) is 8.02. The van der Waals surface area contributed by atoms with Crippen molar-refractivity contribution < 1.29 is 28.5 Å². The van der Waals surface area contributed by atoms with Gasteiger partial charge < -0.3 is 29.0 Å². The molecule has 0 spiro atoms. The Balaban J connectivity index is 1.51. The number of hydrogen-bond acceptors (Lipinski definition) is 7. The van der Waals surface area contributed by atoms with Gasteiger partial charge in [0.1, 0.15) is 24.0 Å². The molecule has 3 aromatic carbocycles. The van der Waals surface area contributed by atoms with Gasteiger partial charge in [0.2, 0.25) is 6.79 Å². The lowest BCUT2D eigenvalue weighted by atomic mass is 10.1. The number of amides is 1. The lowest BCUT2D eigenvalue weighted by molar-refractivity contribution is -0.112. The molecule has 0 unspecified atom stereocenters. The van der Waals surface area contributed by atoms with Crippen LogP contribution in [0.2, 0.25) is 5.02 Å². The van der Waals surface area contributed by atoms with Crippen LogP contribution in [0.4, 0.5) is 5.69 Å². The second-order valence-electron chi connectivity index (χ2n) is 7.58. The maximum Gasteiger partial charge on any atom is 0.266 e. The predicted molar refractivity (Wildman–Crippen MR) is 135 cm³/mol. The highest BCUT2D eigenvalue weighted by atomic mass is 35.5. The van der Waals surface area contributed by atoms with Gasteiger partial charge in [-0.15, -0.1) is 0 Å². The summed E-state index contributed by atoms with van der Waals surface area (Å²) in [6, 6.07) is 17.5. The van der Waals surface area contributed by atoms with Crippen molar-refractivity contribution in [1.29, 1.82) is 5.26 Å². The average molecular weight is 507 g/mol. The fraction of sp³-hybridized carbons (Fsp3) is 0.185. The molecule has 0 aromatic heterocycles. The zero-order valence-electron chi connectivity index (χ0n) is 19.7. The minimum absolute atomic E-state index is 0.103. The Morgan fingerprint density at radius 3 is 2.64 bits per heavy atom. The Kier molecular flexibility index (Phi) is 7.83. The molecule has 9 heteroatoms. The van der Waals surface area contributed by atoms with E-state index in [1.54, 1.807) is 36.4 Å². The normalized spacial score (nSPS) is 12.0. The van der Waals surface area contributed by atoms with Crippen molar-refractivity contribution in [3.63, 3.8) is 0 Å². The van der Waals surface area contributed by atoms with Crippen LogP contribution in [0.3, 0.4) is 0 Å². The maximum absolute atomic E-state index is 12.8. The first kappa shape index (κ1) is 24.8. The molecule has 0 saturated carbocycles. The number of hydrogen-bond donors (Lipinski definition) is 1. The topological polar surface area (TPSA) is 99.0 Å². The number of rotatable bonds is 9. The van der Waals surface area contributed by atoms with Gasteiger partial charge >= 0.3 is 0 Å². The van der Waals surface area contributed by atoms with Gasteiger partial charge in [0.15, 0.2) is 23.0 Å². The maximum atomic E-state index is 12.8. The van der Waals surface area contributed by atoms with Crippen LogP contribution in [0.1, 0.15) is 18.1 Å². The van der Waals surface area contributed by atoms with E-state index in [9.17, 15) is 10.1 Å². The van der Waals surface area contributed by atoms with E-state index in [2.05, 4.69) is 5.32 Å². The molecule has 1 amide bonds. The number of nitrogens with zero attached hydrogens (tertiary/aromatic N) is 1. The van der Waals surface area contributed by atoms with Crippen molar-refractivity contribution >= 4 is 29.3 Å². The van der Waals surface area contributed by atoms with Crippen molar-refractivity contribution in [1.82, 2.24) is 0 Å². The lowest BCUT2D eigenvalue weighted by Gasteiger charge is -2.13. The van der Waals surface area contributed by atoms with Gasteiger partial charge in [-0.25, -0.2) is 0 Å². The smallest absolute Gasteiger partial charge is 0.266 e. The van der Waals surface area contributed by atoms with E-state index in [4.69, 9.17) is 35.3 Å². The summed E-state index contributed by atoms with van der Waals surface area (Å²) >= 11 is 6.03. The molecule has 1 aliphatic heterocycles. The quantitative estimate of drug-likeness (QED) is 0.298. The van der Waals surface area contributed by atoms with Crippen LogP contribution in [-0.4, -0.2) is 26.4 Å². The molecule has 8 nitrogen and oxygen atoms in total. The van der Waals surface area contributed by atoms with E-state index in [0.717, 1.165) is 5.56 Å². The Morgan fingerprint density at radius 2 is 1.86 bits per heavy atom. The molecule has 0 saturated heterocycles. The minimum atomic E-state index is -0.598. The molecular weight excluding hydrogens is 484 g/mol. The highest BCUT2D eigenvalue weighted by molar-refractivity contribution is 6.31. The largest absolute Gasteiger partial charge is 0.495 e. The van der Waals surface area contributed by atoms with E-state index in [0.29, 0.717) is 58.2 Å². The van der Waals surface area contributed by atoms with Crippen LogP contribution in [0.5, 0.6) is 28.7 Å². The molecule has 4 rings (SSSR count). The summed E-state index contributed by atoms with van der Waals surface area (Å²) in [6.07, 6.45) is 1.47. The first-order valence-electron chi connectivity index (χ1n) is 11.1. The van der Waals surface area contributed by atoms with Gasteiger partial charge in [-0.2, -0.15) is 5.26 Å². The Morgan fingerprint density at radius 1 is 1.06 bits per heavy atom. The molecule has 184 valence electrons. The first-order chi connectivity index (χ1) is 17.5. The number of nitriles is 1. The van der Waals surface area contributed by atoms with E-state index in [1.165, 1.54) is 13.2 Å². The number of nitrogens with one attached hydrogen (secondary N) is 1. The molecule has 1 N–H and O–H groups in total. The van der Waals surface area contributed by atoms with Crippen molar-refractivity contribution in [2.24, 2.45) is 0 Å². The van der Waals surface area contributed by atoms with Crippen molar-refractivity contribution in [3.05, 3.63) is 76.3 Å². The average Bonchev–Trinajstić information content (AvgIpc) is 3.35. The predicted octanol–water partition coefficient (Wildman–Crippen LogP) is 5.60. The highest BCUT2D eigenvalue weighted by Crippen LogP contribution is 2.34. The molecule has 0 bridgehead atoms. The molecule has 0 aliphatic carbocycles. The molecular formula is C27H23ClN2O6. The van der Waals surface area contributed by atoms with E-state index in [1.807, 2.05) is 31.2 Å². The molecule has 1 aliphatic rings. The van der Waals surface area contributed by atoms with Crippen LogP contribution in [0.25, 0.3) is 6.08 Å². The number of anilines is 1. The third-order valence-corrected chi connectivity index (χ3v) is 5.42. The molecule has 0 radical (unpaired) electrons. The first-order valence-corrected chi connectivity index (χ1v) is 11.4. The van der Waals surface area contributed by atoms with Gasteiger partial charge in [-0.3, -0.25) is 4.79 Å². The highest BCUT2D eigenvalue weighted by Gasteiger charge is 2.16. The van der Waals surface area contributed by atoms with Crippen molar-refractivity contribution in [2.45, 2.75) is 13.5 Å². The van der Waals surface area contributed by atoms with Gasteiger partial charge in [0.25, 0.3) is 5.91 Å². The molecule has 3 aromatic rings. The summed E-state index contributed by atoms with van der Waals surface area (Å²) in [5, 5.41) is 12.7. The molecule has 36 heavy (non-hydrogen) atoms. The van der Waals surface area contributed by atoms with E-state index < -0.39 is 5.91 Å². The summed E-state index contributed by atoms with van der Waals surface area (Å²) in [4.78, 5) is 12.8. The van der Waals surface area contributed by atoms with Crippen LogP contribution in [0.15, 0.2) is 60.2 Å². The fourth-order valence-corrected chi connectivity index (χ4v) is 3.65. The van der Waals surface area contributed by atoms with E-state index >= 15 is 0 Å². The molecule has 0 fully saturated rings. The number of benzene rings is 3. The summed E-state index contributed by atoms with van der Waals surface area (Å²) < 4.78 is 27.7. The zero-order valence-corrected chi connectivity index (χ0v) is 20.4. The zero-order chi connectivity index (χ0) is 25.5. The molecule has 0 atom stereocenters. The second kappa shape index (κ2) is 11.4. The Hall–Kier alpha value is -4.35. The van der Waals surface area contributed by atoms with Crippen LogP contribution < -0.4 is 29.0 Å². The minimum Gasteiger partial charge on any atom is -0.495 e. The number of fused-ring (bicyclic) bond motifs is 1. The van der Waals surface area contributed by atoms with Crippen LogP contribution in [-0.2, 0) is 11.4 Å². The van der Waals surface area contributed by atoms with Crippen molar-refractivity contribution in [2.75, 3.05) is 25.8 Å². The lowest BCUT2D eigenvalue weighted by Crippen LogP contribution is -2.14. The Bertz CT molecular complexity index is 1350. The third-order valence-electron chi connectivity index (χ3n) is 5.18. The van der Waals surface area contributed by atoms with Crippen LogP contribution in [0, 0.1) is 11.3 Å². The van der Waals surface area contributed by atoms with Crippen molar-refractivity contribution in [3.8, 4) is 34.8 Å². The monoisotopic (exact) mass is 506 g/mol. The third kappa shape index (κ3) is 5.82. The summed E-state index contributed by atoms with van der Waals surface area (Å²) in [5.41, 5.74) is 1.76. The van der Waals surface area contributed by atoms with Gasteiger partial charge in [0.05, 0.1) is 19.4 Å². The number of ether oxygens (including phenoxy) is 5. The number of halogens is 1. The number of carbonyl (C=O) groups is 1. The van der Waals surface area contributed by atoms with Crippen LogP contribution >= 0.6 is 11.6 Å². The number of methoxy groups -OCH3 is 1. The standard InChI is InChI=1S/C27H23ClN2O6/c1-3-33-25-11-17(4-7-23(25)34-15-18-5-8-24-26(12-18)36-16-35-24)10-19(14-29)27(31)30-21-13-20(28)6-9-22(21)32-2/h4-13H,3,15-16H2,1-2H3,(H,30,31)/b19-10+. The summed E-state index contributed by atoms with van der Waals surface area (Å²) in [6.45, 7) is 2.77. The summed E-state index contributed by atoms with van der Waals surface area (Å²) in [5.74, 6) is 2.22.